The maximum atomic E-state index is 6.25. The average molecular weight is 308 g/mol. The Morgan fingerprint density at radius 2 is 2.57 bits per heavy atom. The molecule has 1 aromatic rings. The summed E-state index contributed by atoms with van der Waals surface area (Å²) in [6.07, 6.45) is 7.31. The Kier molecular flexibility index (Phi) is 5.06. The summed E-state index contributed by atoms with van der Waals surface area (Å²) in [6, 6.07) is 0. The zero-order chi connectivity index (χ0) is 14.5. The van der Waals surface area contributed by atoms with Crippen molar-refractivity contribution < 1.29 is 9.47 Å². The summed E-state index contributed by atoms with van der Waals surface area (Å²) in [4.78, 5) is 6.90. The second kappa shape index (κ2) is 7.01. The predicted octanol–water partition coefficient (Wildman–Crippen LogP) is 2.72. The Balaban J connectivity index is 1.61. The molecular formula is C16H24N2O2S. The highest BCUT2D eigenvalue weighted by Crippen LogP contribution is 2.41. The molecule has 3 rings (SSSR count). The van der Waals surface area contributed by atoms with Gasteiger partial charge in [-0.05, 0) is 12.8 Å². The maximum Gasteiger partial charge on any atom is 0.107 e. The summed E-state index contributed by atoms with van der Waals surface area (Å²) in [7, 11) is 0. The third-order valence-electron chi connectivity index (χ3n) is 4.58. The number of hydrogen-bond acceptors (Lipinski definition) is 5. The van der Waals surface area contributed by atoms with E-state index >= 15 is 0 Å². The lowest BCUT2D eigenvalue weighted by molar-refractivity contribution is -0.142. The number of thiazole rings is 1. The summed E-state index contributed by atoms with van der Waals surface area (Å²) in [5.74, 6) is 0.511. The molecular weight excluding hydrogens is 284 g/mol. The van der Waals surface area contributed by atoms with E-state index in [1.807, 2.05) is 17.7 Å². The van der Waals surface area contributed by atoms with E-state index in [4.69, 9.17) is 9.47 Å². The molecule has 1 aromatic heterocycles. The highest BCUT2D eigenvalue weighted by molar-refractivity contribution is 7.09. The maximum absolute atomic E-state index is 6.25. The minimum atomic E-state index is -0.00329. The van der Waals surface area contributed by atoms with Gasteiger partial charge in [0.25, 0.3) is 0 Å². The Morgan fingerprint density at radius 3 is 3.38 bits per heavy atom. The largest absolute Gasteiger partial charge is 0.377 e. The molecule has 21 heavy (non-hydrogen) atoms. The van der Waals surface area contributed by atoms with Crippen molar-refractivity contribution in [2.45, 2.75) is 31.4 Å². The number of aromatic nitrogens is 1. The Morgan fingerprint density at radius 1 is 1.62 bits per heavy atom. The van der Waals surface area contributed by atoms with Crippen molar-refractivity contribution in [3.63, 3.8) is 0 Å². The van der Waals surface area contributed by atoms with Crippen molar-refractivity contribution >= 4 is 11.3 Å². The molecule has 116 valence electrons. The third-order valence-corrected chi connectivity index (χ3v) is 5.35. The van der Waals surface area contributed by atoms with Crippen LogP contribution in [-0.2, 0) is 16.0 Å². The normalized spacial score (nSPS) is 30.0. The fourth-order valence-electron chi connectivity index (χ4n) is 3.58. The van der Waals surface area contributed by atoms with E-state index in [0.29, 0.717) is 12.5 Å². The van der Waals surface area contributed by atoms with E-state index in [0.717, 1.165) is 39.3 Å². The van der Waals surface area contributed by atoms with Gasteiger partial charge in [0.05, 0.1) is 32.0 Å². The molecule has 0 radical (unpaired) electrons. The third kappa shape index (κ3) is 3.54. The Bertz CT molecular complexity index is 451. The van der Waals surface area contributed by atoms with Crippen LogP contribution in [0.5, 0.6) is 0 Å². The van der Waals surface area contributed by atoms with Crippen LogP contribution >= 0.6 is 11.3 Å². The summed E-state index contributed by atoms with van der Waals surface area (Å²) < 4.78 is 12.0. The minimum Gasteiger partial charge on any atom is -0.377 e. The first-order valence-electron chi connectivity index (χ1n) is 7.76. The second-order valence-corrected chi connectivity index (χ2v) is 6.94. The fourth-order valence-corrected chi connectivity index (χ4v) is 4.24. The standard InChI is InChI=1S/C16H24N2O2S/c1-2-8-19-12-14-4-3-5-16(14)13-18(7-9-20-16)11-15-17-6-10-21-15/h2,6,10,14H,1,3-5,7-9,11-13H2/t14-,16+/m0/s1. The average Bonchev–Trinajstić information content (AvgIpc) is 3.11. The van der Waals surface area contributed by atoms with Gasteiger partial charge in [-0.15, -0.1) is 17.9 Å². The summed E-state index contributed by atoms with van der Waals surface area (Å²) in [5.41, 5.74) is -0.00329. The van der Waals surface area contributed by atoms with Crippen LogP contribution in [0.3, 0.4) is 0 Å². The molecule has 0 unspecified atom stereocenters. The molecule has 0 amide bonds. The van der Waals surface area contributed by atoms with Crippen LogP contribution in [0.25, 0.3) is 0 Å². The van der Waals surface area contributed by atoms with Crippen LogP contribution in [0, 0.1) is 5.92 Å². The molecule has 5 heteroatoms. The molecule has 0 aromatic carbocycles. The lowest BCUT2D eigenvalue weighted by Gasteiger charge is -2.43. The van der Waals surface area contributed by atoms with Gasteiger partial charge in [0.1, 0.15) is 5.01 Å². The van der Waals surface area contributed by atoms with Crippen molar-refractivity contribution in [2.24, 2.45) is 5.92 Å². The molecule has 0 N–H and O–H groups in total. The van der Waals surface area contributed by atoms with Gasteiger partial charge < -0.3 is 9.47 Å². The van der Waals surface area contributed by atoms with Gasteiger partial charge in [0.2, 0.25) is 0 Å². The number of rotatable bonds is 6. The van der Waals surface area contributed by atoms with Crippen molar-refractivity contribution in [1.29, 1.82) is 0 Å². The molecule has 2 aliphatic rings. The van der Waals surface area contributed by atoms with Crippen molar-refractivity contribution in [2.75, 3.05) is 32.9 Å². The fraction of sp³-hybridized carbons (Fsp3) is 0.688. The molecule has 2 fully saturated rings. The summed E-state index contributed by atoms with van der Waals surface area (Å²) in [5, 5.41) is 3.25. The lowest BCUT2D eigenvalue weighted by Crippen LogP contribution is -2.54. The first kappa shape index (κ1) is 15.2. The van der Waals surface area contributed by atoms with Crippen molar-refractivity contribution in [1.82, 2.24) is 9.88 Å². The van der Waals surface area contributed by atoms with Gasteiger partial charge in [0, 0.05) is 30.6 Å². The SMILES string of the molecule is C=CCOC[C@@H]1CCC[C@@]12CN(Cc1nccs1)CCO2. The lowest BCUT2D eigenvalue weighted by atomic mass is 9.89. The molecule has 0 bridgehead atoms. The van der Waals surface area contributed by atoms with Gasteiger partial charge in [-0.1, -0.05) is 12.5 Å². The van der Waals surface area contributed by atoms with Gasteiger partial charge >= 0.3 is 0 Å². The quantitative estimate of drug-likeness (QED) is 0.598. The highest BCUT2D eigenvalue weighted by atomic mass is 32.1. The molecule has 2 atom stereocenters. The first-order valence-corrected chi connectivity index (χ1v) is 8.64. The molecule has 1 aliphatic carbocycles. The molecule has 1 aliphatic heterocycles. The van der Waals surface area contributed by atoms with Crippen LogP contribution in [0.1, 0.15) is 24.3 Å². The van der Waals surface area contributed by atoms with E-state index in [1.54, 1.807) is 11.3 Å². The van der Waals surface area contributed by atoms with Gasteiger partial charge in [0.15, 0.2) is 0 Å². The number of ether oxygens (including phenoxy) is 2. The molecule has 1 spiro atoms. The van der Waals surface area contributed by atoms with Crippen molar-refractivity contribution in [3.05, 3.63) is 29.2 Å². The Hall–Kier alpha value is -0.750. The molecule has 1 saturated heterocycles. The topological polar surface area (TPSA) is 34.6 Å². The monoisotopic (exact) mass is 308 g/mol. The molecule has 1 saturated carbocycles. The first-order chi connectivity index (χ1) is 10.3. The summed E-state index contributed by atoms with van der Waals surface area (Å²) >= 11 is 1.74. The summed E-state index contributed by atoms with van der Waals surface area (Å²) in [6.45, 7) is 8.92. The second-order valence-electron chi connectivity index (χ2n) is 5.97. The van der Waals surface area contributed by atoms with Crippen LogP contribution < -0.4 is 0 Å². The van der Waals surface area contributed by atoms with Gasteiger partial charge in [-0.3, -0.25) is 4.90 Å². The van der Waals surface area contributed by atoms with E-state index in [2.05, 4.69) is 16.5 Å². The van der Waals surface area contributed by atoms with E-state index in [9.17, 15) is 0 Å². The number of hydrogen-bond donors (Lipinski definition) is 0. The number of nitrogens with zero attached hydrogens (tertiary/aromatic N) is 2. The molecule has 4 nitrogen and oxygen atoms in total. The van der Waals surface area contributed by atoms with Crippen LogP contribution in [0.4, 0.5) is 0 Å². The van der Waals surface area contributed by atoms with Crippen LogP contribution in [-0.4, -0.2) is 48.4 Å². The van der Waals surface area contributed by atoms with E-state index in [-0.39, 0.29) is 5.60 Å². The van der Waals surface area contributed by atoms with Crippen LogP contribution in [0.2, 0.25) is 0 Å². The van der Waals surface area contributed by atoms with Crippen LogP contribution in [0.15, 0.2) is 24.2 Å². The molecule has 2 heterocycles. The predicted molar refractivity (Wildman–Crippen MR) is 84.4 cm³/mol. The Labute approximate surface area is 130 Å². The zero-order valence-corrected chi connectivity index (χ0v) is 13.3. The van der Waals surface area contributed by atoms with Crippen molar-refractivity contribution in [3.8, 4) is 0 Å². The van der Waals surface area contributed by atoms with Gasteiger partial charge in [-0.25, -0.2) is 4.98 Å². The number of morpholine rings is 1. The van der Waals surface area contributed by atoms with E-state index < -0.39 is 0 Å². The van der Waals surface area contributed by atoms with E-state index in [1.165, 1.54) is 17.8 Å². The smallest absolute Gasteiger partial charge is 0.107 e. The van der Waals surface area contributed by atoms with Gasteiger partial charge in [-0.2, -0.15) is 0 Å². The zero-order valence-electron chi connectivity index (χ0n) is 12.5. The highest BCUT2D eigenvalue weighted by Gasteiger charge is 2.46. The minimum absolute atomic E-state index is 0.00329.